The van der Waals surface area contributed by atoms with E-state index in [0.717, 1.165) is 10.9 Å². The fourth-order valence-electron chi connectivity index (χ4n) is 2.49. The Hall–Kier alpha value is -2.74. The molecule has 1 heterocycles. The smallest absolute Gasteiger partial charge is 0.326 e. The Balaban J connectivity index is 1.95. The number of hydrogen-bond acceptors (Lipinski definition) is 3. The lowest BCUT2D eigenvalue weighted by Crippen LogP contribution is -2.42. The number of amides is 3. The van der Waals surface area contributed by atoms with Crippen LogP contribution in [0, 0.1) is 0 Å². The number of nitrogens with two attached hydrogens (primary N) is 1. The number of carboxylic acid groups (broad SMARTS) is 1. The summed E-state index contributed by atoms with van der Waals surface area (Å²) in [6.45, 7) is 0.225. The first-order valence-corrected chi connectivity index (χ1v) is 8.05. The quantitative estimate of drug-likeness (QED) is 0.525. The molecular formula is C16H19ClN4O4. The molecule has 9 heteroatoms. The molecule has 1 atom stereocenters. The maximum atomic E-state index is 12.2. The number of hydrogen-bond donors (Lipinski definition) is 4. The van der Waals surface area contributed by atoms with E-state index in [-0.39, 0.29) is 19.5 Å². The van der Waals surface area contributed by atoms with E-state index in [1.807, 2.05) is 6.07 Å². The molecule has 0 spiro atoms. The summed E-state index contributed by atoms with van der Waals surface area (Å²) in [7, 11) is 0. The highest BCUT2D eigenvalue weighted by atomic mass is 35.5. The Kier molecular flexibility index (Phi) is 6.24. The second-order valence-corrected chi connectivity index (χ2v) is 5.92. The molecule has 1 aromatic carbocycles. The number of nitrogens with one attached hydrogen (secondary N) is 2. The predicted octanol–water partition coefficient (Wildman–Crippen LogP) is 1.31. The molecule has 0 saturated heterocycles. The average Bonchev–Trinajstić information content (AvgIpc) is 2.94. The van der Waals surface area contributed by atoms with Gasteiger partial charge in [-0.05, 0) is 31.0 Å². The molecule has 0 radical (unpaired) electrons. The second kappa shape index (κ2) is 8.39. The van der Waals surface area contributed by atoms with Crippen molar-refractivity contribution in [3.05, 3.63) is 35.5 Å². The van der Waals surface area contributed by atoms with Gasteiger partial charge in [0, 0.05) is 28.7 Å². The monoisotopic (exact) mass is 366 g/mol. The second-order valence-electron chi connectivity index (χ2n) is 5.51. The normalized spacial score (nSPS) is 11.9. The molecule has 3 amide bonds. The molecule has 0 bridgehead atoms. The lowest BCUT2D eigenvalue weighted by Gasteiger charge is -2.15. The largest absolute Gasteiger partial charge is 0.480 e. The van der Waals surface area contributed by atoms with Gasteiger partial charge in [0.2, 0.25) is 5.91 Å². The van der Waals surface area contributed by atoms with Crippen molar-refractivity contribution in [1.29, 1.82) is 0 Å². The van der Waals surface area contributed by atoms with Gasteiger partial charge in [-0.3, -0.25) is 4.79 Å². The predicted molar refractivity (Wildman–Crippen MR) is 93.3 cm³/mol. The van der Waals surface area contributed by atoms with Crippen molar-refractivity contribution in [2.45, 2.75) is 25.4 Å². The first-order valence-electron chi connectivity index (χ1n) is 7.67. The molecule has 0 fully saturated rings. The number of carbonyl (C=O) groups excluding carboxylic acids is 2. The number of carbonyl (C=O) groups is 3. The van der Waals surface area contributed by atoms with Gasteiger partial charge in [-0.1, -0.05) is 17.7 Å². The third-order valence-corrected chi connectivity index (χ3v) is 4.01. The molecule has 8 nitrogen and oxygen atoms in total. The molecule has 2 rings (SSSR count). The number of benzene rings is 1. The van der Waals surface area contributed by atoms with Crippen molar-refractivity contribution in [3.8, 4) is 0 Å². The average molecular weight is 367 g/mol. The number of aliphatic carboxylic acids is 1. The van der Waals surface area contributed by atoms with Gasteiger partial charge < -0.3 is 26.0 Å². The first kappa shape index (κ1) is 18.6. The van der Waals surface area contributed by atoms with Gasteiger partial charge >= 0.3 is 12.0 Å². The number of primary amides is 1. The number of carboxylic acids is 1. The molecule has 0 aliphatic carbocycles. The number of fused-ring (bicyclic) bond motifs is 1. The number of urea groups is 1. The molecule has 0 aliphatic rings. The third-order valence-electron chi connectivity index (χ3n) is 3.68. The van der Waals surface area contributed by atoms with Crippen LogP contribution in [-0.2, 0) is 16.1 Å². The van der Waals surface area contributed by atoms with Crippen LogP contribution in [0.3, 0.4) is 0 Å². The fraction of sp³-hybridized carbons (Fsp3) is 0.312. The zero-order valence-electron chi connectivity index (χ0n) is 13.4. The lowest BCUT2D eigenvalue weighted by molar-refractivity contribution is -0.142. The Labute approximate surface area is 148 Å². The molecule has 134 valence electrons. The fourth-order valence-corrected chi connectivity index (χ4v) is 2.73. The van der Waals surface area contributed by atoms with E-state index >= 15 is 0 Å². The number of rotatable bonds is 8. The zero-order chi connectivity index (χ0) is 18.4. The van der Waals surface area contributed by atoms with Crippen LogP contribution in [0.25, 0.3) is 10.9 Å². The Morgan fingerprint density at radius 1 is 1.28 bits per heavy atom. The van der Waals surface area contributed by atoms with E-state index in [9.17, 15) is 19.5 Å². The van der Waals surface area contributed by atoms with E-state index < -0.39 is 23.9 Å². The summed E-state index contributed by atoms with van der Waals surface area (Å²) in [5.74, 6) is -1.56. The summed E-state index contributed by atoms with van der Waals surface area (Å²) < 4.78 is 1.70. The van der Waals surface area contributed by atoms with Crippen molar-refractivity contribution in [1.82, 2.24) is 15.2 Å². The molecular weight excluding hydrogens is 348 g/mol. The highest BCUT2D eigenvalue weighted by Gasteiger charge is 2.20. The standard InChI is InChI=1S/C16H19ClN4O4/c17-11-3-1-5-13-10(11)6-8-21(13)9-14(22)20-12(15(23)24)4-2-7-19-16(18)25/h1,3,5-6,8,12H,2,4,7,9H2,(H,20,22)(H,23,24)(H3,18,19,25)/t12-/m0/s1. The van der Waals surface area contributed by atoms with Crippen LogP contribution in [0.4, 0.5) is 4.79 Å². The summed E-state index contributed by atoms with van der Waals surface area (Å²) in [6.07, 6.45) is 2.28. The van der Waals surface area contributed by atoms with Gasteiger partial charge in [-0.15, -0.1) is 0 Å². The Morgan fingerprint density at radius 3 is 2.72 bits per heavy atom. The topological polar surface area (TPSA) is 126 Å². The Morgan fingerprint density at radius 2 is 2.04 bits per heavy atom. The minimum absolute atomic E-state index is 0.0207. The van der Waals surface area contributed by atoms with E-state index in [4.69, 9.17) is 17.3 Å². The highest BCUT2D eigenvalue weighted by Crippen LogP contribution is 2.24. The van der Waals surface area contributed by atoms with Crippen LogP contribution in [-0.4, -0.2) is 40.2 Å². The van der Waals surface area contributed by atoms with Crippen LogP contribution in [0.15, 0.2) is 30.5 Å². The number of nitrogens with zero attached hydrogens (tertiary/aromatic N) is 1. The lowest BCUT2D eigenvalue weighted by atomic mass is 10.1. The minimum Gasteiger partial charge on any atom is -0.480 e. The van der Waals surface area contributed by atoms with Gasteiger partial charge in [0.1, 0.15) is 12.6 Å². The van der Waals surface area contributed by atoms with Gasteiger partial charge in [0.15, 0.2) is 0 Å². The van der Waals surface area contributed by atoms with E-state index in [1.165, 1.54) is 0 Å². The summed E-state index contributed by atoms with van der Waals surface area (Å²) in [6, 6.07) is 5.47. The summed E-state index contributed by atoms with van der Waals surface area (Å²) in [4.78, 5) is 34.0. The molecule has 2 aromatic rings. The molecule has 1 aromatic heterocycles. The maximum Gasteiger partial charge on any atom is 0.326 e. The van der Waals surface area contributed by atoms with E-state index in [2.05, 4.69) is 10.6 Å². The molecule has 0 saturated carbocycles. The van der Waals surface area contributed by atoms with Crippen LogP contribution in [0.2, 0.25) is 5.02 Å². The van der Waals surface area contributed by atoms with Crippen LogP contribution in [0.1, 0.15) is 12.8 Å². The van der Waals surface area contributed by atoms with Crippen molar-refractivity contribution >= 4 is 40.4 Å². The van der Waals surface area contributed by atoms with Crippen molar-refractivity contribution < 1.29 is 19.5 Å². The third kappa shape index (κ3) is 5.12. The van der Waals surface area contributed by atoms with Crippen LogP contribution in [0.5, 0.6) is 0 Å². The SMILES string of the molecule is NC(=O)NCCC[C@H](NC(=O)Cn1ccc2c(Cl)cccc21)C(=O)O. The first-order chi connectivity index (χ1) is 11.9. The summed E-state index contributed by atoms with van der Waals surface area (Å²) >= 11 is 6.10. The summed E-state index contributed by atoms with van der Waals surface area (Å²) in [5.41, 5.74) is 5.73. The van der Waals surface area contributed by atoms with Gasteiger partial charge in [0.25, 0.3) is 0 Å². The van der Waals surface area contributed by atoms with Crippen LogP contribution >= 0.6 is 11.6 Å². The van der Waals surface area contributed by atoms with Crippen molar-refractivity contribution in [3.63, 3.8) is 0 Å². The van der Waals surface area contributed by atoms with Gasteiger partial charge in [-0.2, -0.15) is 0 Å². The van der Waals surface area contributed by atoms with Gasteiger partial charge in [0.05, 0.1) is 0 Å². The zero-order valence-corrected chi connectivity index (χ0v) is 14.1. The Bertz CT molecular complexity index is 790. The van der Waals surface area contributed by atoms with E-state index in [0.29, 0.717) is 11.4 Å². The molecule has 0 unspecified atom stereocenters. The van der Waals surface area contributed by atoms with Crippen LogP contribution < -0.4 is 16.4 Å². The van der Waals surface area contributed by atoms with Crippen molar-refractivity contribution in [2.24, 2.45) is 5.73 Å². The highest BCUT2D eigenvalue weighted by molar-refractivity contribution is 6.35. The number of halogens is 1. The van der Waals surface area contributed by atoms with Gasteiger partial charge in [-0.25, -0.2) is 9.59 Å². The molecule has 0 aliphatic heterocycles. The number of aromatic nitrogens is 1. The van der Waals surface area contributed by atoms with Crippen molar-refractivity contribution in [2.75, 3.05) is 6.54 Å². The van der Waals surface area contributed by atoms with E-state index in [1.54, 1.807) is 29.0 Å². The minimum atomic E-state index is -1.13. The molecule has 5 N–H and O–H groups in total. The summed E-state index contributed by atoms with van der Waals surface area (Å²) in [5, 5.41) is 15.5. The maximum absolute atomic E-state index is 12.2. The molecule has 25 heavy (non-hydrogen) atoms.